The van der Waals surface area contributed by atoms with E-state index in [1.165, 1.54) is 11.8 Å². The Bertz CT molecular complexity index is 715. The van der Waals surface area contributed by atoms with Crippen molar-refractivity contribution in [3.63, 3.8) is 0 Å². The van der Waals surface area contributed by atoms with E-state index in [4.69, 9.17) is 0 Å². The number of sulfone groups is 1. The molecule has 2 saturated heterocycles. The number of rotatable bonds is 4. The number of amides is 1. The Morgan fingerprint density at radius 3 is 2.42 bits per heavy atom. The first-order valence-electron chi connectivity index (χ1n) is 9.38. The van der Waals surface area contributed by atoms with Crippen LogP contribution in [0.25, 0.3) is 0 Å². The Kier molecular flexibility index (Phi) is 5.99. The molecule has 0 unspecified atom stereocenters. The van der Waals surface area contributed by atoms with Crippen LogP contribution in [0.5, 0.6) is 0 Å². The quantitative estimate of drug-likeness (QED) is 0.841. The van der Waals surface area contributed by atoms with Gasteiger partial charge in [0.25, 0.3) is 0 Å². The summed E-state index contributed by atoms with van der Waals surface area (Å²) in [6, 6.07) is 10.3. The molecule has 2 aliphatic heterocycles. The van der Waals surface area contributed by atoms with Crippen molar-refractivity contribution in [3.8, 4) is 0 Å². The maximum absolute atomic E-state index is 13.2. The standard InChI is InChI=1S/C19H29N3O3S/c1-26(24,25)19(8-10-20-11-9-19)18(23)22-13-5-12-21(14-15-22)16-17-6-3-2-4-7-17/h2-4,6-7,20H,5,8-16H2,1H3. The molecule has 144 valence electrons. The lowest BCUT2D eigenvalue weighted by atomic mass is 9.95. The Balaban J connectivity index is 1.68. The van der Waals surface area contributed by atoms with Crippen molar-refractivity contribution in [1.82, 2.24) is 15.1 Å². The lowest BCUT2D eigenvalue weighted by Crippen LogP contribution is -2.58. The van der Waals surface area contributed by atoms with E-state index in [1.54, 1.807) is 4.90 Å². The third-order valence-electron chi connectivity index (χ3n) is 5.64. The summed E-state index contributed by atoms with van der Waals surface area (Å²) < 4.78 is 23.8. The minimum atomic E-state index is -3.45. The second-order valence-corrected chi connectivity index (χ2v) is 9.75. The molecule has 1 amide bonds. The number of carbonyl (C=O) groups excluding carboxylic acids is 1. The fraction of sp³-hybridized carbons (Fsp3) is 0.632. The molecule has 0 atom stereocenters. The molecule has 2 aliphatic rings. The van der Waals surface area contributed by atoms with Crippen molar-refractivity contribution in [2.75, 3.05) is 45.5 Å². The van der Waals surface area contributed by atoms with Crippen molar-refractivity contribution >= 4 is 15.7 Å². The van der Waals surface area contributed by atoms with Gasteiger partial charge in [0, 0.05) is 39.0 Å². The highest BCUT2D eigenvalue weighted by Gasteiger charge is 2.50. The second-order valence-electron chi connectivity index (χ2n) is 7.42. The minimum Gasteiger partial charge on any atom is -0.340 e. The summed E-state index contributed by atoms with van der Waals surface area (Å²) in [6.45, 7) is 4.94. The van der Waals surface area contributed by atoms with Gasteiger partial charge >= 0.3 is 0 Å². The Morgan fingerprint density at radius 1 is 1.08 bits per heavy atom. The molecule has 0 bridgehead atoms. The van der Waals surface area contributed by atoms with Crippen LogP contribution in [0, 0.1) is 0 Å². The molecule has 0 aromatic heterocycles. The lowest BCUT2D eigenvalue weighted by molar-refractivity contribution is -0.134. The first-order valence-corrected chi connectivity index (χ1v) is 11.3. The molecule has 0 saturated carbocycles. The van der Waals surface area contributed by atoms with Crippen LogP contribution in [0.4, 0.5) is 0 Å². The molecule has 7 heteroatoms. The average molecular weight is 380 g/mol. The second kappa shape index (κ2) is 8.06. The van der Waals surface area contributed by atoms with Crippen molar-refractivity contribution in [2.24, 2.45) is 0 Å². The summed E-state index contributed by atoms with van der Waals surface area (Å²) in [7, 11) is -3.45. The molecule has 2 fully saturated rings. The summed E-state index contributed by atoms with van der Waals surface area (Å²) in [4.78, 5) is 17.4. The normalized spacial score (nSPS) is 22.0. The molecule has 0 radical (unpaired) electrons. The topological polar surface area (TPSA) is 69.7 Å². The van der Waals surface area contributed by atoms with Crippen LogP contribution < -0.4 is 5.32 Å². The van der Waals surface area contributed by atoms with E-state index < -0.39 is 14.6 Å². The number of piperidine rings is 1. The smallest absolute Gasteiger partial charge is 0.244 e. The lowest BCUT2D eigenvalue weighted by Gasteiger charge is -2.38. The summed E-state index contributed by atoms with van der Waals surface area (Å²) in [5, 5.41) is 3.17. The average Bonchev–Trinajstić information content (AvgIpc) is 2.87. The van der Waals surface area contributed by atoms with Crippen LogP contribution in [-0.2, 0) is 21.2 Å². The van der Waals surface area contributed by atoms with Gasteiger partial charge in [-0.1, -0.05) is 30.3 Å². The first kappa shape index (κ1) is 19.3. The van der Waals surface area contributed by atoms with E-state index >= 15 is 0 Å². The molecule has 1 aromatic rings. The fourth-order valence-corrected chi connectivity index (χ4v) is 5.43. The first-order chi connectivity index (χ1) is 12.4. The molecule has 3 rings (SSSR count). The number of nitrogens with zero attached hydrogens (tertiary/aromatic N) is 2. The van der Waals surface area contributed by atoms with E-state index in [1.807, 2.05) is 18.2 Å². The monoisotopic (exact) mass is 379 g/mol. The van der Waals surface area contributed by atoms with Crippen molar-refractivity contribution in [2.45, 2.75) is 30.6 Å². The number of carbonyl (C=O) groups is 1. The van der Waals surface area contributed by atoms with Gasteiger partial charge in [0.05, 0.1) is 0 Å². The van der Waals surface area contributed by atoms with Gasteiger partial charge in [0.15, 0.2) is 14.6 Å². The SMILES string of the molecule is CS(=O)(=O)C1(C(=O)N2CCCN(Cc3ccccc3)CC2)CCNCC1. The van der Waals surface area contributed by atoms with E-state index in [0.29, 0.717) is 39.0 Å². The van der Waals surface area contributed by atoms with Crippen molar-refractivity contribution < 1.29 is 13.2 Å². The van der Waals surface area contributed by atoms with Crippen LogP contribution in [0.15, 0.2) is 30.3 Å². The summed E-state index contributed by atoms with van der Waals surface area (Å²) in [5.41, 5.74) is 1.26. The zero-order chi connectivity index (χ0) is 18.6. The van der Waals surface area contributed by atoms with Gasteiger partial charge in [-0.2, -0.15) is 0 Å². The number of benzene rings is 1. The van der Waals surface area contributed by atoms with Gasteiger partial charge in [-0.25, -0.2) is 8.42 Å². The molecule has 26 heavy (non-hydrogen) atoms. The summed E-state index contributed by atoms with van der Waals surface area (Å²) >= 11 is 0. The minimum absolute atomic E-state index is 0.192. The van der Waals surface area contributed by atoms with Crippen LogP contribution in [0.3, 0.4) is 0 Å². The highest BCUT2D eigenvalue weighted by Crippen LogP contribution is 2.30. The molecule has 0 spiro atoms. The van der Waals surface area contributed by atoms with E-state index in [0.717, 1.165) is 26.1 Å². The maximum atomic E-state index is 13.2. The third-order valence-corrected chi connectivity index (χ3v) is 7.64. The van der Waals surface area contributed by atoms with Gasteiger partial charge < -0.3 is 10.2 Å². The van der Waals surface area contributed by atoms with Crippen molar-refractivity contribution in [1.29, 1.82) is 0 Å². The predicted molar refractivity (Wildman–Crippen MR) is 103 cm³/mol. The fourth-order valence-electron chi connectivity index (χ4n) is 4.04. The van der Waals surface area contributed by atoms with Gasteiger partial charge in [-0.05, 0) is 37.9 Å². The van der Waals surface area contributed by atoms with Gasteiger partial charge in [0.2, 0.25) is 5.91 Å². The van der Waals surface area contributed by atoms with Crippen LogP contribution in [-0.4, -0.2) is 74.4 Å². The molecule has 6 nitrogen and oxygen atoms in total. The molecule has 1 N–H and O–H groups in total. The van der Waals surface area contributed by atoms with Gasteiger partial charge in [0.1, 0.15) is 0 Å². The molecule has 1 aromatic carbocycles. The highest BCUT2D eigenvalue weighted by molar-refractivity contribution is 7.92. The molecule has 2 heterocycles. The van der Waals surface area contributed by atoms with Crippen LogP contribution in [0.2, 0.25) is 0 Å². The van der Waals surface area contributed by atoms with Crippen LogP contribution in [0.1, 0.15) is 24.8 Å². The van der Waals surface area contributed by atoms with E-state index in [9.17, 15) is 13.2 Å². The predicted octanol–water partition coefficient (Wildman–Crippen LogP) is 0.888. The molecular weight excluding hydrogens is 350 g/mol. The zero-order valence-electron chi connectivity index (χ0n) is 15.5. The van der Waals surface area contributed by atoms with Crippen LogP contribution >= 0.6 is 0 Å². The zero-order valence-corrected chi connectivity index (χ0v) is 16.3. The Labute approximate surface area is 156 Å². The Hall–Kier alpha value is -1.44. The number of hydrogen-bond donors (Lipinski definition) is 1. The molecule has 0 aliphatic carbocycles. The van der Waals surface area contributed by atoms with Crippen molar-refractivity contribution in [3.05, 3.63) is 35.9 Å². The van der Waals surface area contributed by atoms with Gasteiger partial charge in [-0.15, -0.1) is 0 Å². The summed E-state index contributed by atoms with van der Waals surface area (Å²) in [5.74, 6) is -0.192. The Morgan fingerprint density at radius 2 is 1.77 bits per heavy atom. The number of hydrogen-bond acceptors (Lipinski definition) is 5. The largest absolute Gasteiger partial charge is 0.340 e. The molecular formula is C19H29N3O3S. The third kappa shape index (κ3) is 4.10. The summed E-state index contributed by atoms with van der Waals surface area (Å²) in [6.07, 6.45) is 2.83. The highest BCUT2D eigenvalue weighted by atomic mass is 32.2. The number of nitrogens with one attached hydrogen (secondary N) is 1. The van der Waals surface area contributed by atoms with E-state index in [2.05, 4.69) is 22.3 Å². The maximum Gasteiger partial charge on any atom is 0.244 e. The van der Waals surface area contributed by atoms with E-state index in [-0.39, 0.29) is 5.91 Å². The van der Waals surface area contributed by atoms with Gasteiger partial charge in [-0.3, -0.25) is 9.69 Å².